The second-order valence-electron chi connectivity index (χ2n) is 5.48. The molecule has 8 heteroatoms. The topological polar surface area (TPSA) is 93.9 Å². The van der Waals surface area contributed by atoms with Crippen molar-refractivity contribution in [2.24, 2.45) is 0 Å². The van der Waals surface area contributed by atoms with Gasteiger partial charge in [0.15, 0.2) is 5.76 Å². The van der Waals surface area contributed by atoms with Crippen LogP contribution in [0, 0.1) is 0 Å². The van der Waals surface area contributed by atoms with Crippen molar-refractivity contribution in [2.45, 2.75) is 20.0 Å². The fraction of sp³-hybridized carbons (Fsp3) is 0.353. The van der Waals surface area contributed by atoms with Crippen LogP contribution in [0.1, 0.15) is 39.1 Å². The molecule has 0 spiro atoms. The fourth-order valence-corrected chi connectivity index (χ4v) is 2.68. The van der Waals surface area contributed by atoms with Crippen molar-refractivity contribution < 1.29 is 23.5 Å². The molecule has 1 N–H and O–H groups in total. The number of carbonyl (C=O) groups excluding carboxylic acids is 2. The van der Waals surface area contributed by atoms with Crippen LogP contribution in [-0.2, 0) is 13.1 Å². The maximum Gasteiger partial charge on any atom is 0.287 e. The number of aromatic nitrogens is 1. The molecule has 3 heterocycles. The summed E-state index contributed by atoms with van der Waals surface area (Å²) in [7, 11) is 2.96. The molecule has 1 aliphatic heterocycles. The summed E-state index contributed by atoms with van der Waals surface area (Å²) in [5.41, 5.74) is 1.86. The van der Waals surface area contributed by atoms with Gasteiger partial charge in [-0.3, -0.25) is 9.59 Å². The van der Waals surface area contributed by atoms with Gasteiger partial charge in [0.05, 0.1) is 32.0 Å². The Balaban J connectivity index is 1.77. The van der Waals surface area contributed by atoms with Crippen LogP contribution < -0.4 is 14.8 Å². The van der Waals surface area contributed by atoms with E-state index in [1.807, 2.05) is 6.92 Å². The Labute approximate surface area is 144 Å². The van der Waals surface area contributed by atoms with E-state index in [0.717, 1.165) is 0 Å². The van der Waals surface area contributed by atoms with Gasteiger partial charge in [-0.2, -0.15) is 0 Å². The number of pyridine rings is 1. The third-order valence-corrected chi connectivity index (χ3v) is 4.02. The number of hydrogen-bond acceptors (Lipinski definition) is 6. The highest BCUT2D eigenvalue weighted by Crippen LogP contribution is 2.27. The number of fused-ring (bicyclic) bond motifs is 1. The number of furan rings is 1. The molecule has 2 aromatic heterocycles. The molecule has 132 valence electrons. The lowest BCUT2D eigenvalue weighted by molar-refractivity contribution is 0.0786. The average molecular weight is 345 g/mol. The van der Waals surface area contributed by atoms with Gasteiger partial charge in [0.2, 0.25) is 5.88 Å². The summed E-state index contributed by atoms with van der Waals surface area (Å²) in [6.07, 6.45) is 0. The lowest BCUT2D eigenvalue weighted by atomic mass is 10.1. The van der Waals surface area contributed by atoms with Crippen molar-refractivity contribution >= 4 is 11.8 Å². The highest BCUT2D eigenvalue weighted by Gasteiger charge is 2.29. The van der Waals surface area contributed by atoms with Crippen LogP contribution in [0.3, 0.4) is 0 Å². The number of hydrogen-bond donors (Lipinski definition) is 1. The Morgan fingerprint density at radius 3 is 2.80 bits per heavy atom. The van der Waals surface area contributed by atoms with E-state index < -0.39 is 5.91 Å². The number of rotatable bonds is 6. The first-order valence-electron chi connectivity index (χ1n) is 7.85. The summed E-state index contributed by atoms with van der Waals surface area (Å²) in [5.74, 6) is 0.329. The molecule has 0 saturated carbocycles. The van der Waals surface area contributed by atoms with Gasteiger partial charge in [0, 0.05) is 24.7 Å². The van der Waals surface area contributed by atoms with Gasteiger partial charge in [-0.05, 0) is 19.1 Å². The van der Waals surface area contributed by atoms with Gasteiger partial charge in [0.1, 0.15) is 0 Å². The normalized spacial score (nSPS) is 12.9. The summed E-state index contributed by atoms with van der Waals surface area (Å²) in [4.78, 5) is 30.6. The molecule has 25 heavy (non-hydrogen) atoms. The Morgan fingerprint density at radius 1 is 1.36 bits per heavy atom. The van der Waals surface area contributed by atoms with Gasteiger partial charge >= 0.3 is 0 Å². The molecule has 0 unspecified atom stereocenters. The molecular formula is C17H19N3O5. The first kappa shape index (κ1) is 16.8. The van der Waals surface area contributed by atoms with Crippen LogP contribution in [0.25, 0.3) is 0 Å². The second kappa shape index (κ2) is 6.84. The molecule has 0 bridgehead atoms. The SMILES string of the molecule is CCN1Cc2nc(OC)c(CNC(=O)c3ccc(OC)o3)cc2C1=O. The lowest BCUT2D eigenvalue weighted by Gasteiger charge is -2.10. The second-order valence-corrected chi connectivity index (χ2v) is 5.48. The highest BCUT2D eigenvalue weighted by atomic mass is 16.6. The summed E-state index contributed by atoms with van der Waals surface area (Å²) in [5, 5.41) is 2.73. The van der Waals surface area contributed by atoms with Crippen LogP contribution in [-0.4, -0.2) is 42.5 Å². The third-order valence-electron chi connectivity index (χ3n) is 4.02. The van der Waals surface area contributed by atoms with Crippen LogP contribution in [0.4, 0.5) is 0 Å². The Bertz CT molecular complexity index is 815. The zero-order valence-electron chi connectivity index (χ0n) is 14.3. The zero-order chi connectivity index (χ0) is 18.0. The lowest BCUT2D eigenvalue weighted by Crippen LogP contribution is -2.23. The van der Waals surface area contributed by atoms with Gasteiger partial charge in [-0.1, -0.05) is 0 Å². The molecule has 0 radical (unpaired) electrons. The minimum atomic E-state index is -0.396. The molecule has 0 fully saturated rings. The van der Waals surface area contributed by atoms with Crippen molar-refractivity contribution in [1.82, 2.24) is 15.2 Å². The van der Waals surface area contributed by atoms with E-state index in [0.29, 0.717) is 35.8 Å². The Kier molecular flexibility index (Phi) is 4.60. The highest BCUT2D eigenvalue weighted by molar-refractivity contribution is 5.98. The molecule has 0 aliphatic carbocycles. The average Bonchev–Trinajstić information content (AvgIpc) is 3.23. The molecule has 0 atom stereocenters. The molecule has 2 aromatic rings. The van der Waals surface area contributed by atoms with Crippen LogP contribution in [0.15, 0.2) is 22.6 Å². The van der Waals surface area contributed by atoms with Crippen LogP contribution >= 0.6 is 0 Å². The van der Waals surface area contributed by atoms with E-state index in [9.17, 15) is 9.59 Å². The minimum Gasteiger partial charge on any atom is -0.481 e. The predicted molar refractivity (Wildman–Crippen MR) is 87.6 cm³/mol. The van der Waals surface area contributed by atoms with Crippen LogP contribution in [0.2, 0.25) is 0 Å². The quantitative estimate of drug-likeness (QED) is 0.855. The maximum atomic E-state index is 12.3. The largest absolute Gasteiger partial charge is 0.481 e. The van der Waals surface area contributed by atoms with Gasteiger partial charge in [0.25, 0.3) is 17.8 Å². The molecule has 0 aromatic carbocycles. The van der Waals surface area contributed by atoms with Gasteiger partial charge in [-0.25, -0.2) is 4.98 Å². The minimum absolute atomic E-state index is 0.0593. The van der Waals surface area contributed by atoms with Gasteiger partial charge in [-0.15, -0.1) is 0 Å². The van der Waals surface area contributed by atoms with Crippen molar-refractivity contribution in [3.63, 3.8) is 0 Å². The smallest absolute Gasteiger partial charge is 0.287 e. The number of carbonyl (C=O) groups is 2. The summed E-state index contributed by atoms with van der Waals surface area (Å²) >= 11 is 0. The number of nitrogens with one attached hydrogen (secondary N) is 1. The first-order valence-corrected chi connectivity index (χ1v) is 7.85. The van der Waals surface area contributed by atoms with Gasteiger partial charge < -0.3 is 24.1 Å². The van der Waals surface area contributed by atoms with E-state index in [2.05, 4.69) is 10.3 Å². The number of methoxy groups -OCH3 is 2. The monoisotopic (exact) mass is 345 g/mol. The molecule has 2 amide bonds. The summed E-state index contributed by atoms with van der Waals surface area (Å²) in [6, 6.07) is 4.81. The summed E-state index contributed by atoms with van der Waals surface area (Å²) < 4.78 is 15.4. The van der Waals surface area contributed by atoms with E-state index in [-0.39, 0.29) is 24.2 Å². The predicted octanol–water partition coefficient (Wildman–Crippen LogP) is 1.60. The number of ether oxygens (including phenoxy) is 2. The van der Waals surface area contributed by atoms with E-state index in [1.54, 1.807) is 17.0 Å². The molecule has 1 aliphatic rings. The number of amides is 2. The summed E-state index contributed by atoms with van der Waals surface area (Å²) in [6.45, 7) is 3.16. The molecule has 3 rings (SSSR count). The third kappa shape index (κ3) is 3.15. The van der Waals surface area contributed by atoms with E-state index in [4.69, 9.17) is 13.9 Å². The molecular weight excluding hydrogens is 326 g/mol. The Hall–Kier alpha value is -3.03. The zero-order valence-corrected chi connectivity index (χ0v) is 14.3. The number of nitrogens with zero attached hydrogens (tertiary/aromatic N) is 2. The fourth-order valence-electron chi connectivity index (χ4n) is 2.68. The van der Waals surface area contributed by atoms with Crippen molar-refractivity contribution in [3.05, 3.63) is 40.8 Å². The van der Waals surface area contributed by atoms with E-state index in [1.165, 1.54) is 20.3 Å². The molecule has 8 nitrogen and oxygen atoms in total. The van der Waals surface area contributed by atoms with E-state index >= 15 is 0 Å². The standard InChI is InChI=1S/C17H19N3O5/c1-4-20-9-12-11(17(20)22)7-10(16(19-12)24-3)8-18-15(21)13-5-6-14(23-2)25-13/h5-7H,4,8-9H2,1-3H3,(H,18,21). The first-order chi connectivity index (χ1) is 12.1. The Morgan fingerprint density at radius 2 is 2.16 bits per heavy atom. The maximum absolute atomic E-state index is 12.3. The van der Waals surface area contributed by atoms with Crippen molar-refractivity contribution in [3.8, 4) is 11.8 Å². The molecule has 0 saturated heterocycles. The van der Waals surface area contributed by atoms with Crippen LogP contribution in [0.5, 0.6) is 11.8 Å². The van der Waals surface area contributed by atoms with Crippen molar-refractivity contribution in [1.29, 1.82) is 0 Å². The van der Waals surface area contributed by atoms with Crippen molar-refractivity contribution in [2.75, 3.05) is 20.8 Å².